The maximum Gasteiger partial charge on any atom is 0.227 e. The Balaban J connectivity index is 1.68. The van der Waals surface area contributed by atoms with Crippen molar-refractivity contribution in [3.63, 3.8) is 0 Å². The molecule has 2 aromatic rings. The fraction of sp³-hybridized carbons (Fsp3) is 0.474. The van der Waals surface area contributed by atoms with Crippen LogP contribution in [0.1, 0.15) is 30.0 Å². The van der Waals surface area contributed by atoms with Gasteiger partial charge in [0.05, 0.1) is 32.9 Å². The van der Waals surface area contributed by atoms with Crippen LogP contribution in [0.15, 0.2) is 30.6 Å². The summed E-state index contributed by atoms with van der Waals surface area (Å²) in [7, 11) is 3.23. The van der Waals surface area contributed by atoms with Crippen molar-refractivity contribution in [2.75, 3.05) is 27.3 Å². The Morgan fingerprint density at radius 1 is 1.32 bits per heavy atom. The summed E-state index contributed by atoms with van der Waals surface area (Å²) in [5, 5.41) is 4.41. The monoisotopic (exact) mass is 343 g/mol. The molecule has 134 valence electrons. The van der Waals surface area contributed by atoms with Crippen LogP contribution in [0.25, 0.3) is 0 Å². The van der Waals surface area contributed by atoms with E-state index in [1.54, 1.807) is 14.2 Å². The third kappa shape index (κ3) is 3.95. The number of nitrogens with zero attached hydrogens (tertiary/aromatic N) is 3. The van der Waals surface area contributed by atoms with Gasteiger partial charge in [0.25, 0.3) is 0 Å². The summed E-state index contributed by atoms with van der Waals surface area (Å²) in [5.74, 6) is 1.53. The average Bonchev–Trinajstić information content (AvgIpc) is 3.08. The van der Waals surface area contributed by atoms with E-state index >= 15 is 0 Å². The third-order valence-corrected chi connectivity index (χ3v) is 4.69. The van der Waals surface area contributed by atoms with E-state index in [9.17, 15) is 4.79 Å². The molecule has 0 bridgehead atoms. The molecule has 2 heterocycles. The van der Waals surface area contributed by atoms with Crippen molar-refractivity contribution >= 4 is 5.91 Å². The lowest BCUT2D eigenvalue weighted by Crippen LogP contribution is -2.41. The molecule has 1 amide bonds. The minimum atomic E-state index is 0.122. The topological polar surface area (TPSA) is 56.6 Å². The molecule has 0 unspecified atom stereocenters. The van der Waals surface area contributed by atoms with E-state index < -0.39 is 0 Å². The summed E-state index contributed by atoms with van der Waals surface area (Å²) in [5.41, 5.74) is 2.02. The number of ether oxygens (including phenoxy) is 2. The number of carbonyl (C=O) groups excluding carboxylic acids is 1. The Kier molecular flexibility index (Phi) is 5.26. The number of carbonyl (C=O) groups is 1. The molecular formula is C19H25N3O3. The number of amides is 1. The van der Waals surface area contributed by atoms with Crippen molar-refractivity contribution in [3.05, 3.63) is 41.7 Å². The smallest absolute Gasteiger partial charge is 0.227 e. The van der Waals surface area contributed by atoms with E-state index in [1.165, 1.54) is 0 Å². The van der Waals surface area contributed by atoms with Crippen LogP contribution in [0, 0.1) is 6.92 Å². The second-order valence-electron chi connectivity index (χ2n) is 6.49. The van der Waals surface area contributed by atoms with Gasteiger partial charge in [-0.2, -0.15) is 5.10 Å². The third-order valence-electron chi connectivity index (χ3n) is 4.69. The van der Waals surface area contributed by atoms with E-state index in [0.717, 1.165) is 36.3 Å². The first kappa shape index (κ1) is 17.3. The van der Waals surface area contributed by atoms with E-state index in [2.05, 4.69) is 5.10 Å². The van der Waals surface area contributed by atoms with Gasteiger partial charge >= 0.3 is 0 Å². The van der Waals surface area contributed by atoms with Crippen LogP contribution in [0.2, 0.25) is 0 Å². The van der Waals surface area contributed by atoms with Crippen LogP contribution < -0.4 is 9.47 Å². The Morgan fingerprint density at radius 2 is 2.16 bits per heavy atom. The lowest BCUT2D eigenvalue weighted by Gasteiger charge is -2.33. The van der Waals surface area contributed by atoms with Crippen LogP contribution in [0.4, 0.5) is 0 Å². The first-order chi connectivity index (χ1) is 12.1. The molecule has 1 saturated heterocycles. The molecular weight excluding hydrogens is 318 g/mol. The SMILES string of the molecule is COc1ccc(CC(=O)N2CCC[C@@H](n3cc(C)cn3)C2)c(OC)c1. The molecule has 1 aromatic heterocycles. The summed E-state index contributed by atoms with van der Waals surface area (Å²) >= 11 is 0. The molecule has 1 fully saturated rings. The van der Waals surface area contributed by atoms with Crippen molar-refractivity contribution in [2.45, 2.75) is 32.2 Å². The normalized spacial score (nSPS) is 17.4. The number of benzene rings is 1. The number of hydrogen-bond acceptors (Lipinski definition) is 4. The molecule has 1 atom stereocenters. The van der Waals surface area contributed by atoms with Gasteiger partial charge < -0.3 is 14.4 Å². The maximum absolute atomic E-state index is 12.8. The van der Waals surface area contributed by atoms with E-state index in [0.29, 0.717) is 18.7 Å². The van der Waals surface area contributed by atoms with Gasteiger partial charge in [0.1, 0.15) is 11.5 Å². The van der Waals surface area contributed by atoms with Crippen LogP contribution in [-0.4, -0.2) is 47.9 Å². The fourth-order valence-electron chi connectivity index (χ4n) is 3.30. The minimum absolute atomic E-state index is 0.122. The Labute approximate surface area is 148 Å². The number of piperidine rings is 1. The van der Waals surface area contributed by atoms with E-state index in [4.69, 9.17) is 9.47 Å². The molecule has 0 saturated carbocycles. The number of likely N-dealkylation sites (tertiary alicyclic amines) is 1. The minimum Gasteiger partial charge on any atom is -0.497 e. The quantitative estimate of drug-likeness (QED) is 0.837. The predicted octanol–water partition coefficient (Wildman–Crippen LogP) is 2.61. The van der Waals surface area contributed by atoms with Gasteiger partial charge in [-0.25, -0.2) is 0 Å². The second-order valence-corrected chi connectivity index (χ2v) is 6.49. The molecule has 6 nitrogen and oxygen atoms in total. The molecule has 1 aliphatic rings. The summed E-state index contributed by atoms with van der Waals surface area (Å²) < 4.78 is 12.6. The zero-order chi connectivity index (χ0) is 17.8. The highest BCUT2D eigenvalue weighted by atomic mass is 16.5. The van der Waals surface area contributed by atoms with Crippen LogP contribution in [0.5, 0.6) is 11.5 Å². The molecule has 0 radical (unpaired) electrons. The van der Waals surface area contributed by atoms with Crippen LogP contribution >= 0.6 is 0 Å². The standard InChI is InChI=1S/C19H25N3O3/c1-14-11-20-22(12-14)16-5-4-8-21(13-16)19(23)9-15-6-7-17(24-2)10-18(15)25-3/h6-7,10-12,16H,4-5,8-9,13H2,1-3H3/t16-/m1/s1. The zero-order valence-corrected chi connectivity index (χ0v) is 15.1. The lowest BCUT2D eigenvalue weighted by atomic mass is 10.0. The Bertz CT molecular complexity index is 741. The first-order valence-electron chi connectivity index (χ1n) is 8.60. The second kappa shape index (κ2) is 7.59. The molecule has 6 heteroatoms. The number of methoxy groups -OCH3 is 2. The van der Waals surface area contributed by atoms with E-state index in [-0.39, 0.29) is 11.9 Å². The number of aromatic nitrogens is 2. The highest BCUT2D eigenvalue weighted by Gasteiger charge is 2.25. The molecule has 0 N–H and O–H groups in total. The zero-order valence-electron chi connectivity index (χ0n) is 15.1. The number of hydrogen-bond donors (Lipinski definition) is 0. The first-order valence-corrected chi connectivity index (χ1v) is 8.60. The summed E-state index contributed by atoms with van der Waals surface area (Å²) in [6.45, 7) is 3.54. The molecule has 0 spiro atoms. The Hall–Kier alpha value is -2.50. The van der Waals surface area contributed by atoms with Gasteiger partial charge in [-0.05, 0) is 31.4 Å². The van der Waals surface area contributed by atoms with Crippen LogP contribution in [-0.2, 0) is 11.2 Å². The highest BCUT2D eigenvalue weighted by Crippen LogP contribution is 2.27. The van der Waals surface area contributed by atoms with Crippen molar-refractivity contribution in [3.8, 4) is 11.5 Å². The molecule has 0 aliphatic carbocycles. The van der Waals surface area contributed by atoms with E-state index in [1.807, 2.05) is 47.1 Å². The van der Waals surface area contributed by atoms with Crippen LogP contribution in [0.3, 0.4) is 0 Å². The lowest BCUT2D eigenvalue weighted by molar-refractivity contribution is -0.132. The summed E-state index contributed by atoms with van der Waals surface area (Å²) in [4.78, 5) is 14.7. The van der Waals surface area contributed by atoms with Gasteiger partial charge in [0.15, 0.2) is 0 Å². The molecule has 1 aliphatic heterocycles. The van der Waals surface area contributed by atoms with Crippen molar-refractivity contribution in [2.24, 2.45) is 0 Å². The van der Waals surface area contributed by atoms with Crippen molar-refractivity contribution in [1.82, 2.24) is 14.7 Å². The number of aryl methyl sites for hydroxylation is 1. The Morgan fingerprint density at radius 3 is 2.84 bits per heavy atom. The van der Waals surface area contributed by atoms with Gasteiger partial charge in [-0.1, -0.05) is 6.07 Å². The highest BCUT2D eigenvalue weighted by molar-refractivity contribution is 5.79. The number of rotatable bonds is 5. The van der Waals surface area contributed by atoms with Crippen molar-refractivity contribution in [1.29, 1.82) is 0 Å². The largest absolute Gasteiger partial charge is 0.497 e. The molecule has 1 aromatic carbocycles. The summed E-state index contributed by atoms with van der Waals surface area (Å²) in [6.07, 6.45) is 6.29. The molecule has 25 heavy (non-hydrogen) atoms. The predicted molar refractivity (Wildman–Crippen MR) is 95.1 cm³/mol. The van der Waals surface area contributed by atoms with Gasteiger partial charge in [0.2, 0.25) is 5.91 Å². The fourth-order valence-corrected chi connectivity index (χ4v) is 3.30. The average molecular weight is 343 g/mol. The summed E-state index contributed by atoms with van der Waals surface area (Å²) in [6, 6.07) is 5.82. The van der Waals surface area contributed by atoms with Gasteiger partial charge in [-0.3, -0.25) is 9.48 Å². The van der Waals surface area contributed by atoms with Gasteiger partial charge in [-0.15, -0.1) is 0 Å². The van der Waals surface area contributed by atoms with Gasteiger partial charge in [0, 0.05) is 30.9 Å². The van der Waals surface area contributed by atoms with Crippen molar-refractivity contribution < 1.29 is 14.3 Å². The maximum atomic E-state index is 12.8. The molecule has 3 rings (SSSR count).